The molecule has 0 atom stereocenters. The highest BCUT2D eigenvalue weighted by Crippen LogP contribution is 2.11. The van der Waals surface area contributed by atoms with E-state index in [2.05, 4.69) is 14.9 Å². The van der Waals surface area contributed by atoms with Gasteiger partial charge in [-0.2, -0.15) is 0 Å². The second kappa shape index (κ2) is 5.93. The Balaban J connectivity index is 1.86. The van der Waals surface area contributed by atoms with Crippen LogP contribution in [0, 0.1) is 6.92 Å². The number of nitrogens with one attached hydrogen (secondary N) is 1. The zero-order chi connectivity index (χ0) is 13.0. The van der Waals surface area contributed by atoms with E-state index in [-0.39, 0.29) is 5.91 Å². The third kappa shape index (κ3) is 3.27. The van der Waals surface area contributed by atoms with E-state index in [4.69, 9.17) is 11.6 Å². The summed E-state index contributed by atoms with van der Waals surface area (Å²) < 4.78 is 3.73. The molecule has 1 amide bonds. The minimum absolute atomic E-state index is 0.121. The summed E-state index contributed by atoms with van der Waals surface area (Å²) in [5, 5.41) is 7.36. The lowest BCUT2D eigenvalue weighted by atomic mass is 10.1. The van der Waals surface area contributed by atoms with Gasteiger partial charge in [0.2, 0.25) is 0 Å². The Labute approximate surface area is 114 Å². The fourth-order valence-corrected chi connectivity index (χ4v) is 2.32. The van der Waals surface area contributed by atoms with Crippen LogP contribution in [0.2, 0.25) is 5.02 Å². The Kier molecular flexibility index (Phi) is 4.28. The van der Waals surface area contributed by atoms with Gasteiger partial charge < -0.3 is 5.32 Å². The predicted molar refractivity (Wildman–Crippen MR) is 72.1 cm³/mol. The van der Waals surface area contributed by atoms with Gasteiger partial charge in [0.15, 0.2) is 0 Å². The maximum atomic E-state index is 11.8. The number of aryl methyl sites for hydroxylation is 1. The van der Waals surface area contributed by atoms with Gasteiger partial charge in [-0.15, -0.1) is 5.10 Å². The molecule has 0 bridgehead atoms. The third-order valence-electron chi connectivity index (χ3n) is 2.45. The Hall–Kier alpha value is -1.46. The molecule has 1 heterocycles. The lowest BCUT2D eigenvalue weighted by Crippen LogP contribution is -2.25. The van der Waals surface area contributed by atoms with Gasteiger partial charge in [0.05, 0.1) is 5.69 Å². The van der Waals surface area contributed by atoms with Crippen molar-refractivity contribution >= 4 is 29.0 Å². The van der Waals surface area contributed by atoms with E-state index in [0.29, 0.717) is 22.1 Å². The van der Waals surface area contributed by atoms with Gasteiger partial charge in [-0.05, 0) is 42.6 Å². The molecule has 1 N–H and O–H groups in total. The first kappa shape index (κ1) is 13.0. The van der Waals surface area contributed by atoms with Crippen molar-refractivity contribution in [1.82, 2.24) is 14.9 Å². The van der Waals surface area contributed by atoms with Crippen LogP contribution in [-0.4, -0.2) is 22.0 Å². The van der Waals surface area contributed by atoms with Gasteiger partial charge in [0.1, 0.15) is 4.88 Å². The fourth-order valence-electron chi connectivity index (χ4n) is 1.53. The number of halogens is 1. The summed E-state index contributed by atoms with van der Waals surface area (Å²) in [6, 6.07) is 7.61. The van der Waals surface area contributed by atoms with Crippen LogP contribution in [0.15, 0.2) is 24.3 Å². The Bertz CT molecular complexity index is 556. The number of nitrogens with zero attached hydrogens (tertiary/aromatic N) is 2. The number of amides is 1. The monoisotopic (exact) mass is 281 g/mol. The van der Waals surface area contributed by atoms with Crippen molar-refractivity contribution < 1.29 is 4.79 Å². The summed E-state index contributed by atoms with van der Waals surface area (Å²) in [5.74, 6) is -0.121. The Morgan fingerprint density at radius 3 is 3.00 bits per heavy atom. The van der Waals surface area contributed by atoms with Gasteiger partial charge >= 0.3 is 0 Å². The maximum Gasteiger partial charge on any atom is 0.264 e. The molecule has 0 saturated heterocycles. The highest BCUT2D eigenvalue weighted by atomic mass is 35.5. The van der Waals surface area contributed by atoms with Crippen molar-refractivity contribution in [1.29, 1.82) is 0 Å². The van der Waals surface area contributed by atoms with Gasteiger partial charge in [-0.3, -0.25) is 4.79 Å². The summed E-state index contributed by atoms with van der Waals surface area (Å²) in [5.41, 5.74) is 1.77. The SMILES string of the molecule is Cc1nnsc1C(=O)NCCc1cccc(Cl)c1. The van der Waals surface area contributed by atoms with Crippen LogP contribution in [0.25, 0.3) is 0 Å². The molecule has 0 spiro atoms. The first-order valence-electron chi connectivity index (χ1n) is 5.48. The van der Waals surface area contributed by atoms with Crippen LogP contribution >= 0.6 is 23.1 Å². The normalized spacial score (nSPS) is 10.3. The Morgan fingerprint density at radius 2 is 2.33 bits per heavy atom. The van der Waals surface area contributed by atoms with Crippen molar-refractivity contribution in [2.45, 2.75) is 13.3 Å². The second-order valence-electron chi connectivity index (χ2n) is 3.82. The molecule has 0 aliphatic carbocycles. The molecule has 94 valence electrons. The van der Waals surface area contributed by atoms with E-state index >= 15 is 0 Å². The molecule has 2 aromatic rings. The lowest BCUT2D eigenvalue weighted by molar-refractivity contribution is 0.0957. The topological polar surface area (TPSA) is 54.9 Å². The van der Waals surface area contributed by atoms with E-state index in [1.807, 2.05) is 24.3 Å². The first-order chi connectivity index (χ1) is 8.66. The van der Waals surface area contributed by atoms with Gasteiger partial charge in [-0.1, -0.05) is 28.2 Å². The highest BCUT2D eigenvalue weighted by molar-refractivity contribution is 7.07. The zero-order valence-corrected chi connectivity index (χ0v) is 11.4. The molecule has 0 fully saturated rings. The fraction of sp³-hybridized carbons (Fsp3) is 0.250. The van der Waals surface area contributed by atoms with Gasteiger partial charge in [0, 0.05) is 11.6 Å². The molecule has 0 aliphatic rings. The lowest BCUT2D eigenvalue weighted by Gasteiger charge is -2.04. The molecule has 2 rings (SSSR count). The van der Waals surface area contributed by atoms with Crippen molar-refractivity contribution in [2.24, 2.45) is 0 Å². The molecule has 0 saturated carbocycles. The number of hydrogen-bond acceptors (Lipinski definition) is 4. The van der Waals surface area contributed by atoms with Crippen LogP contribution in [0.3, 0.4) is 0 Å². The maximum absolute atomic E-state index is 11.8. The summed E-state index contributed by atoms with van der Waals surface area (Å²) in [6.07, 6.45) is 0.748. The average Bonchev–Trinajstić information content (AvgIpc) is 2.75. The van der Waals surface area contributed by atoms with Crippen molar-refractivity contribution in [3.05, 3.63) is 45.4 Å². The first-order valence-corrected chi connectivity index (χ1v) is 6.63. The second-order valence-corrected chi connectivity index (χ2v) is 5.01. The molecule has 0 unspecified atom stereocenters. The molecule has 18 heavy (non-hydrogen) atoms. The highest BCUT2D eigenvalue weighted by Gasteiger charge is 2.11. The van der Waals surface area contributed by atoms with Crippen molar-refractivity contribution in [3.63, 3.8) is 0 Å². The van der Waals surface area contributed by atoms with Crippen molar-refractivity contribution in [3.8, 4) is 0 Å². The number of aromatic nitrogens is 2. The van der Waals surface area contributed by atoms with Gasteiger partial charge in [0.25, 0.3) is 5.91 Å². The van der Waals surface area contributed by atoms with Crippen LogP contribution in [0.4, 0.5) is 0 Å². The number of hydrogen-bond donors (Lipinski definition) is 1. The molecule has 6 heteroatoms. The zero-order valence-electron chi connectivity index (χ0n) is 9.81. The third-order valence-corrected chi connectivity index (χ3v) is 3.51. The van der Waals surface area contributed by atoms with E-state index in [0.717, 1.165) is 23.5 Å². The average molecular weight is 282 g/mol. The van der Waals surface area contributed by atoms with Crippen LogP contribution < -0.4 is 5.32 Å². The number of benzene rings is 1. The molecular weight excluding hydrogens is 270 g/mol. The molecular formula is C12H12ClN3OS. The van der Waals surface area contributed by atoms with Gasteiger partial charge in [-0.25, -0.2) is 0 Å². The summed E-state index contributed by atoms with van der Waals surface area (Å²) >= 11 is 7.00. The Morgan fingerprint density at radius 1 is 1.50 bits per heavy atom. The van der Waals surface area contributed by atoms with E-state index in [1.165, 1.54) is 0 Å². The molecule has 4 nitrogen and oxygen atoms in total. The smallest absolute Gasteiger partial charge is 0.264 e. The predicted octanol–water partition coefficient (Wildman–Crippen LogP) is 2.47. The van der Waals surface area contributed by atoms with E-state index in [9.17, 15) is 4.79 Å². The van der Waals surface area contributed by atoms with Crippen molar-refractivity contribution in [2.75, 3.05) is 6.54 Å². The minimum atomic E-state index is -0.121. The summed E-state index contributed by atoms with van der Waals surface area (Å²) in [4.78, 5) is 12.3. The summed E-state index contributed by atoms with van der Waals surface area (Å²) in [7, 11) is 0. The number of carbonyl (C=O) groups is 1. The quantitative estimate of drug-likeness (QED) is 0.937. The van der Waals surface area contributed by atoms with E-state index < -0.39 is 0 Å². The minimum Gasteiger partial charge on any atom is -0.351 e. The van der Waals surface area contributed by atoms with Crippen LogP contribution in [0.5, 0.6) is 0 Å². The summed E-state index contributed by atoms with van der Waals surface area (Å²) in [6.45, 7) is 2.34. The molecule has 0 aliphatic heterocycles. The molecule has 0 radical (unpaired) electrons. The number of carbonyl (C=O) groups excluding carboxylic acids is 1. The number of rotatable bonds is 4. The van der Waals surface area contributed by atoms with E-state index in [1.54, 1.807) is 6.92 Å². The molecule has 1 aromatic heterocycles. The van der Waals surface area contributed by atoms with Crippen LogP contribution in [-0.2, 0) is 6.42 Å². The van der Waals surface area contributed by atoms with Crippen LogP contribution in [0.1, 0.15) is 20.9 Å². The standard InChI is InChI=1S/C12H12ClN3OS/c1-8-11(18-16-15-8)12(17)14-6-5-9-3-2-4-10(13)7-9/h2-4,7H,5-6H2,1H3,(H,14,17). The molecule has 1 aromatic carbocycles. The largest absolute Gasteiger partial charge is 0.351 e.